The van der Waals surface area contributed by atoms with Crippen LogP contribution >= 0.6 is 11.3 Å². The summed E-state index contributed by atoms with van der Waals surface area (Å²) in [6, 6.07) is 81.4. The van der Waals surface area contributed by atoms with Crippen LogP contribution in [0.1, 0.15) is 0 Å². The number of anilines is 3. The minimum atomic E-state index is 1.11. The van der Waals surface area contributed by atoms with Gasteiger partial charge in [-0.1, -0.05) is 176 Å². The van der Waals surface area contributed by atoms with E-state index in [9.17, 15) is 0 Å². The second-order valence-corrected chi connectivity index (χ2v) is 15.2. The van der Waals surface area contributed by atoms with E-state index in [-0.39, 0.29) is 0 Å². The standard InChI is InChI=1S/C54H37NS/c1-5-16-38(17-6-1)40-28-32-45(33-29-40)55(51-25-15-27-53-54(51)47-24-13-14-26-52(47)56-53)50-35-31-44(37-49(50)42-22-11-4-12-23-42)46-34-30-43(39-18-7-2-8-19-39)36-48(46)41-20-9-3-10-21-41/h1-37H. The van der Waals surface area contributed by atoms with E-state index < -0.39 is 0 Å². The molecule has 0 amide bonds. The van der Waals surface area contributed by atoms with Gasteiger partial charge in [0.2, 0.25) is 0 Å². The molecule has 56 heavy (non-hydrogen) atoms. The van der Waals surface area contributed by atoms with E-state index in [1.807, 2.05) is 11.3 Å². The van der Waals surface area contributed by atoms with Gasteiger partial charge in [-0.05, 0) is 98.6 Å². The minimum Gasteiger partial charge on any atom is -0.309 e. The third-order valence-electron chi connectivity index (χ3n) is 10.7. The molecule has 0 aliphatic heterocycles. The highest BCUT2D eigenvalue weighted by Gasteiger charge is 2.22. The number of fused-ring (bicyclic) bond motifs is 3. The summed E-state index contributed by atoms with van der Waals surface area (Å²) < 4.78 is 2.57. The summed E-state index contributed by atoms with van der Waals surface area (Å²) in [4.78, 5) is 2.47. The fraction of sp³-hybridized carbons (Fsp3) is 0. The first-order valence-electron chi connectivity index (χ1n) is 19.1. The monoisotopic (exact) mass is 731 g/mol. The molecule has 0 spiro atoms. The normalized spacial score (nSPS) is 11.2. The maximum atomic E-state index is 2.47. The molecule has 0 N–H and O–H groups in total. The predicted molar refractivity (Wildman–Crippen MR) is 241 cm³/mol. The van der Waals surface area contributed by atoms with Gasteiger partial charge in [0.15, 0.2) is 0 Å². The van der Waals surface area contributed by atoms with Crippen molar-refractivity contribution in [3.05, 3.63) is 224 Å². The van der Waals surface area contributed by atoms with Gasteiger partial charge in [0, 0.05) is 31.4 Å². The van der Waals surface area contributed by atoms with Crippen LogP contribution in [0.25, 0.3) is 75.8 Å². The van der Waals surface area contributed by atoms with E-state index in [0.29, 0.717) is 0 Å². The van der Waals surface area contributed by atoms with Crippen molar-refractivity contribution in [1.82, 2.24) is 0 Å². The van der Waals surface area contributed by atoms with Gasteiger partial charge >= 0.3 is 0 Å². The van der Waals surface area contributed by atoms with Crippen molar-refractivity contribution < 1.29 is 0 Å². The van der Waals surface area contributed by atoms with Crippen molar-refractivity contribution in [3.63, 3.8) is 0 Å². The van der Waals surface area contributed by atoms with Crippen LogP contribution in [-0.2, 0) is 0 Å². The van der Waals surface area contributed by atoms with Gasteiger partial charge in [-0.25, -0.2) is 0 Å². The number of hydrogen-bond acceptors (Lipinski definition) is 2. The molecule has 10 rings (SSSR count). The summed E-state index contributed by atoms with van der Waals surface area (Å²) in [6.45, 7) is 0. The van der Waals surface area contributed by atoms with Crippen LogP contribution in [-0.4, -0.2) is 0 Å². The first kappa shape index (κ1) is 33.6. The summed E-state index contributed by atoms with van der Waals surface area (Å²) >= 11 is 1.86. The van der Waals surface area contributed by atoms with Crippen molar-refractivity contribution in [2.75, 3.05) is 4.90 Å². The SMILES string of the molecule is c1ccc(-c2ccc(N(c3ccc(-c4ccc(-c5ccccc5)cc4-c4ccccc4)cc3-c3ccccc3)c3cccc4sc5ccccc5c34)cc2)cc1. The Kier molecular flexibility index (Phi) is 8.79. The third kappa shape index (κ3) is 6.26. The Hall–Kier alpha value is -7.00. The Morgan fingerprint density at radius 1 is 0.286 bits per heavy atom. The zero-order valence-corrected chi connectivity index (χ0v) is 31.5. The lowest BCUT2D eigenvalue weighted by Crippen LogP contribution is -2.12. The number of nitrogens with zero attached hydrogens (tertiary/aromatic N) is 1. The number of thiophene rings is 1. The van der Waals surface area contributed by atoms with Crippen molar-refractivity contribution in [2.24, 2.45) is 0 Å². The lowest BCUT2D eigenvalue weighted by Gasteiger charge is -2.29. The average molecular weight is 732 g/mol. The highest BCUT2D eigenvalue weighted by atomic mass is 32.1. The predicted octanol–water partition coefficient (Wildman–Crippen LogP) is 15.9. The highest BCUT2D eigenvalue weighted by Crippen LogP contribution is 2.49. The maximum absolute atomic E-state index is 2.47. The number of rotatable bonds is 8. The van der Waals surface area contributed by atoms with E-state index in [1.54, 1.807) is 0 Å². The topological polar surface area (TPSA) is 3.24 Å². The number of hydrogen-bond donors (Lipinski definition) is 0. The summed E-state index contributed by atoms with van der Waals surface area (Å²) in [6.07, 6.45) is 0. The van der Waals surface area contributed by atoms with Crippen molar-refractivity contribution in [2.45, 2.75) is 0 Å². The van der Waals surface area contributed by atoms with E-state index in [2.05, 4.69) is 229 Å². The first-order valence-corrected chi connectivity index (χ1v) is 19.9. The van der Waals surface area contributed by atoms with E-state index in [0.717, 1.165) is 22.6 Å². The molecule has 0 saturated carbocycles. The largest absolute Gasteiger partial charge is 0.309 e. The average Bonchev–Trinajstić information content (AvgIpc) is 3.67. The fourth-order valence-corrected chi connectivity index (χ4v) is 9.12. The van der Waals surface area contributed by atoms with Crippen LogP contribution in [0.15, 0.2) is 224 Å². The van der Waals surface area contributed by atoms with Gasteiger partial charge in [0.25, 0.3) is 0 Å². The van der Waals surface area contributed by atoms with Gasteiger partial charge < -0.3 is 4.90 Å². The summed E-state index contributed by atoms with van der Waals surface area (Å²) in [5, 5.41) is 2.55. The van der Waals surface area contributed by atoms with Gasteiger partial charge in [0.05, 0.1) is 11.4 Å². The van der Waals surface area contributed by atoms with Crippen LogP contribution in [0.5, 0.6) is 0 Å². The molecule has 9 aromatic carbocycles. The second-order valence-electron chi connectivity index (χ2n) is 14.1. The Bertz CT molecular complexity index is 2930. The lowest BCUT2D eigenvalue weighted by atomic mass is 9.89. The van der Waals surface area contributed by atoms with Crippen molar-refractivity contribution >= 4 is 48.6 Å². The molecule has 0 radical (unpaired) electrons. The zero-order valence-electron chi connectivity index (χ0n) is 30.7. The van der Waals surface area contributed by atoms with E-state index in [1.165, 1.54) is 70.2 Å². The maximum Gasteiger partial charge on any atom is 0.0555 e. The highest BCUT2D eigenvalue weighted by molar-refractivity contribution is 7.26. The van der Waals surface area contributed by atoms with Gasteiger partial charge in [0.1, 0.15) is 0 Å². The molecular weight excluding hydrogens is 695 g/mol. The summed E-state index contributed by atoms with van der Waals surface area (Å²) in [5.41, 5.74) is 15.3. The molecule has 1 nitrogen and oxygen atoms in total. The molecule has 1 heterocycles. The quantitative estimate of drug-likeness (QED) is 0.150. The molecule has 0 saturated heterocycles. The minimum absolute atomic E-state index is 1.11. The molecule has 0 aliphatic carbocycles. The Balaban J connectivity index is 1.21. The first-order chi connectivity index (χ1) is 27.8. The second kappa shape index (κ2) is 14.7. The Labute approximate surface area is 332 Å². The van der Waals surface area contributed by atoms with Gasteiger partial charge in [-0.15, -0.1) is 11.3 Å². The summed E-state index contributed by atoms with van der Waals surface area (Å²) in [5.74, 6) is 0. The molecule has 2 heteroatoms. The molecule has 0 unspecified atom stereocenters. The molecular formula is C54H37NS. The van der Waals surface area contributed by atoms with E-state index >= 15 is 0 Å². The fourth-order valence-electron chi connectivity index (χ4n) is 7.99. The molecule has 1 aromatic heterocycles. The van der Waals surface area contributed by atoms with E-state index in [4.69, 9.17) is 0 Å². The third-order valence-corrected chi connectivity index (χ3v) is 11.8. The van der Waals surface area contributed by atoms with Crippen LogP contribution < -0.4 is 4.90 Å². The number of benzene rings is 9. The van der Waals surface area contributed by atoms with Crippen LogP contribution in [0.2, 0.25) is 0 Å². The Morgan fingerprint density at radius 2 is 0.786 bits per heavy atom. The molecule has 264 valence electrons. The lowest BCUT2D eigenvalue weighted by molar-refractivity contribution is 1.30. The van der Waals surface area contributed by atoms with Gasteiger partial charge in [-0.2, -0.15) is 0 Å². The molecule has 0 fully saturated rings. The van der Waals surface area contributed by atoms with Crippen LogP contribution in [0.3, 0.4) is 0 Å². The smallest absolute Gasteiger partial charge is 0.0555 e. The van der Waals surface area contributed by atoms with Crippen molar-refractivity contribution in [3.8, 4) is 55.6 Å². The van der Waals surface area contributed by atoms with Gasteiger partial charge in [-0.3, -0.25) is 0 Å². The summed E-state index contributed by atoms with van der Waals surface area (Å²) in [7, 11) is 0. The molecule has 0 aliphatic rings. The molecule has 0 atom stereocenters. The molecule has 0 bridgehead atoms. The van der Waals surface area contributed by atoms with Crippen LogP contribution in [0.4, 0.5) is 17.1 Å². The Morgan fingerprint density at radius 3 is 1.46 bits per heavy atom. The van der Waals surface area contributed by atoms with Crippen molar-refractivity contribution in [1.29, 1.82) is 0 Å². The van der Waals surface area contributed by atoms with Crippen LogP contribution in [0, 0.1) is 0 Å². The zero-order chi connectivity index (χ0) is 37.3. The molecule has 10 aromatic rings.